The molecule has 2 aliphatic carbocycles. The number of hydrogen-bond acceptors (Lipinski definition) is 3. The van der Waals surface area contributed by atoms with Crippen molar-refractivity contribution in [1.82, 2.24) is 4.90 Å². The minimum atomic E-state index is -0.567. The van der Waals surface area contributed by atoms with Gasteiger partial charge in [-0.2, -0.15) is 0 Å². The van der Waals surface area contributed by atoms with Gasteiger partial charge in [-0.3, -0.25) is 4.90 Å². The molecule has 2 aliphatic rings. The maximum Gasteiger partial charge on any atom is 0.0679 e. The first kappa shape index (κ1) is 30.6. The minimum Gasteiger partial charge on any atom is -0.392 e. The standard InChI is InChI=1S/C43H45NO2/c1-3-42(38-22-12-8-18-34(38)35-19-9-13-23-39(35)42)26-32(45)29-44(28-31-16-6-5-7-17-31)30-33(46)27-43(4-2)40-24-14-10-20-36(40)37-21-11-15-25-41(37)43/h5-25,32-33,45-46H,3-4,26-30H2,1-2H3/t32-,33-/m0/s1. The predicted octanol–water partition coefficient (Wildman–Crippen LogP) is 8.74. The van der Waals surface area contributed by atoms with Crippen molar-refractivity contribution < 1.29 is 10.2 Å². The quantitative estimate of drug-likeness (QED) is 0.149. The molecule has 0 spiro atoms. The Morgan fingerprint density at radius 1 is 0.478 bits per heavy atom. The van der Waals surface area contributed by atoms with Crippen LogP contribution in [-0.2, 0) is 17.4 Å². The van der Waals surface area contributed by atoms with Gasteiger partial charge in [-0.25, -0.2) is 0 Å². The third-order valence-electron chi connectivity index (χ3n) is 10.9. The van der Waals surface area contributed by atoms with Crippen LogP contribution >= 0.6 is 0 Å². The van der Waals surface area contributed by atoms with Crippen molar-refractivity contribution in [1.29, 1.82) is 0 Å². The highest BCUT2D eigenvalue weighted by Crippen LogP contribution is 2.54. The van der Waals surface area contributed by atoms with E-state index < -0.39 is 12.2 Å². The molecule has 3 heteroatoms. The lowest BCUT2D eigenvalue weighted by Crippen LogP contribution is -2.42. The molecular weight excluding hydrogens is 562 g/mol. The molecule has 2 N–H and O–H groups in total. The van der Waals surface area contributed by atoms with Gasteiger partial charge in [0, 0.05) is 30.5 Å². The van der Waals surface area contributed by atoms with Gasteiger partial charge in [0.15, 0.2) is 0 Å². The van der Waals surface area contributed by atoms with Crippen molar-refractivity contribution in [2.75, 3.05) is 13.1 Å². The Kier molecular flexibility index (Phi) is 8.42. The third-order valence-corrected chi connectivity index (χ3v) is 10.9. The molecule has 0 amide bonds. The number of nitrogens with zero attached hydrogens (tertiary/aromatic N) is 1. The van der Waals surface area contributed by atoms with Crippen LogP contribution in [0.3, 0.4) is 0 Å². The van der Waals surface area contributed by atoms with Crippen LogP contribution in [0.15, 0.2) is 127 Å². The Morgan fingerprint density at radius 3 is 1.15 bits per heavy atom. The number of fused-ring (bicyclic) bond motifs is 6. The molecule has 0 unspecified atom stereocenters. The number of hydrogen-bond donors (Lipinski definition) is 2. The highest BCUT2D eigenvalue weighted by Gasteiger charge is 2.44. The highest BCUT2D eigenvalue weighted by molar-refractivity contribution is 5.82. The second-order valence-electron chi connectivity index (χ2n) is 13.4. The van der Waals surface area contributed by atoms with Crippen LogP contribution in [0, 0.1) is 0 Å². The van der Waals surface area contributed by atoms with Crippen LogP contribution in [0.2, 0.25) is 0 Å². The van der Waals surface area contributed by atoms with Gasteiger partial charge in [-0.1, -0.05) is 141 Å². The lowest BCUT2D eigenvalue weighted by molar-refractivity contribution is 0.0445. The van der Waals surface area contributed by atoms with Gasteiger partial charge >= 0.3 is 0 Å². The summed E-state index contributed by atoms with van der Waals surface area (Å²) < 4.78 is 0. The molecule has 0 aliphatic heterocycles. The average Bonchev–Trinajstić information content (AvgIpc) is 3.53. The number of benzene rings is 5. The van der Waals surface area contributed by atoms with E-state index in [0.29, 0.717) is 32.5 Å². The molecule has 5 aromatic rings. The molecule has 2 atom stereocenters. The fraction of sp³-hybridized carbons (Fsp3) is 0.302. The SMILES string of the molecule is CCC1(C[C@H](O)CN(Cc2ccccc2)C[C@@H](O)CC2(CC)c3ccccc3-c3ccccc32)c2ccccc2-c2ccccc21. The summed E-state index contributed by atoms with van der Waals surface area (Å²) in [7, 11) is 0. The fourth-order valence-corrected chi connectivity index (χ4v) is 8.90. The molecule has 3 nitrogen and oxygen atoms in total. The molecule has 234 valence electrons. The first-order valence-corrected chi connectivity index (χ1v) is 17.0. The molecular formula is C43H45NO2. The molecule has 46 heavy (non-hydrogen) atoms. The van der Waals surface area contributed by atoms with Crippen LogP contribution in [0.4, 0.5) is 0 Å². The van der Waals surface area contributed by atoms with Crippen molar-refractivity contribution in [2.24, 2.45) is 0 Å². The second kappa shape index (κ2) is 12.6. The minimum absolute atomic E-state index is 0.243. The van der Waals surface area contributed by atoms with Crippen LogP contribution in [0.5, 0.6) is 0 Å². The predicted molar refractivity (Wildman–Crippen MR) is 189 cm³/mol. The molecule has 0 bridgehead atoms. The smallest absolute Gasteiger partial charge is 0.0679 e. The van der Waals surface area contributed by atoms with E-state index in [4.69, 9.17) is 0 Å². The van der Waals surface area contributed by atoms with Gasteiger partial charge in [0.25, 0.3) is 0 Å². The average molecular weight is 608 g/mol. The summed E-state index contributed by atoms with van der Waals surface area (Å²) in [4.78, 5) is 2.27. The van der Waals surface area contributed by atoms with Crippen molar-refractivity contribution in [3.05, 3.63) is 155 Å². The van der Waals surface area contributed by atoms with Gasteiger partial charge in [0.1, 0.15) is 0 Å². The van der Waals surface area contributed by atoms with Crippen molar-refractivity contribution in [3.63, 3.8) is 0 Å². The molecule has 0 heterocycles. The summed E-state index contributed by atoms with van der Waals surface area (Å²) in [5, 5.41) is 23.9. The second-order valence-corrected chi connectivity index (χ2v) is 13.4. The Morgan fingerprint density at radius 2 is 0.804 bits per heavy atom. The molecule has 0 fully saturated rings. The van der Waals surface area contributed by atoms with E-state index in [0.717, 1.165) is 12.8 Å². The Hall–Kier alpha value is -4.02. The Bertz CT molecular complexity index is 1610. The van der Waals surface area contributed by atoms with Crippen LogP contribution in [0.25, 0.3) is 22.3 Å². The molecule has 0 saturated carbocycles. The van der Waals surface area contributed by atoms with E-state index in [1.54, 1.807) is 0 Å². The third kappa shape index (κ3) is 5.21. The number of aliphatic hydroxyl groups is 2. The van der Waals surface area contributed by atoms with E-state index in [1.807, 2.05) is 6.07 Å². The zero-order chi connectivity index (χ0) is 31.7. The van der Waals surface area contributed by atoms with Crippen molar-refractivity contribution in [2.45, 2.75) is 69.1 Å². The number of rotatable bonds is 12. The van der Waals surface area contributed by atoms with E-state index in [-0.39, 0.29) is 10.8 Å². The molecule has 7 rings (SSSR count). The van der Waals surface area contributed by atoms with Crippen molar-refractivity contribution in [3.8, 4) is 22.3 Å². The Labute approximate surface area is 274 Å². The summed E-state index contributed by atoms with van der Waals surface area (Å²) in [5.74, 6) is 0. The summed E-state index contributed by atoms with van der Waals surface area (Å²) in [6.45, 7) is 6.15. The lowest BCUT2D eigenvalue weighted by Gasteiger charge is -2.37. The van der Waals surface area contributed by atoms with Gasteiger partial charge in [-0.15, -0.1) is 0 Å². The van der Waals surface area contributed by atoms with E-state index in [2.05, 4.69) is 140 Å². The number of aliphatic hydroxyl groups excluding tert-OH is 2. The van der Waals surface area contributed by atoms with Gasteiger partial charge in [0.05, 0.1) is 12.2 Å². The summed E-state index contributed by atoms with van der Waals surface area (Å²) in [6, 6.07) is 45.3. The van der Waals surface area contributed by atoms with Crippen LogP contribution < -0.4 is 0 Å². The van der Waals surface area contributed by atoms with Gasteiger partial charge in [0.2, 0.25) is 0 Å². The highest BCUT2D eigenvalue weighted by atomic mass is 16.3. The molecule has 0 radical (unpaired) electrons. The van der Waals surface area contributed by atoms with E-state index >= 15 is 0 Å². The lowest BCUT2D eigenvalue weighted by atomic mass is 9.71. The molecule has 0 saturated heterocycles. The van der Waals surface area contributed by atoms with E-state index in [9.17, 15) is 10.2 Å². The van der Waals surface area contributed by atoms with Gasteiger partial charge in [-0.05, 0) is 75.8 Å². The van der Waals surface area contributed by atoms with Crippen molar-refractivity contribution >= 4 is 0 Å². The zero-order valence-electron chi connectivity index (χ0n) is 27.1. The van der Waals surface area contributed by atoms with E-state index in [1.165, 1.54) is 50.1 Å². The first-order valence-electron chi connectivity index (χ1n) is 17.0. The summed E-state index contributed by atoms with van der Waals surface area (Å²) in [5.41, 5.74) is 11.1. The van der Waals surface area contributed by atoms with Gasteiger partial charge < -0.3 is 10.2 Å². The maximum atomic E-state index is 11.9. The normalized spacial score (nSPS) is 16.4. The fourth-order valence-electron chi connectivity index (χ4n) is 8.90. The summed E-state index contributed by atoms with van der Waals surface area (Å²) >= 11 is 0. The largest absolute Gasteiger partial charge is 0.392 e. The summed E-state index contributed by atoms with van der Waals surface area (Å²) in [6.07, 6.45) is 1.97. The first-order chi connectivity index (χ1) is 22.5. The Balaban J connectivity index is 1.16. The maximum absolute atomic E-state index is 11.9. The zero-order valence-corrected chi connectivity index (χ0v) is 27.1. The monoisotopic (exact) mass is 607 g/mol. The topological polar surface area (TPSA) is 43.7 Å². The van der Waals surface area contributed by atoms with Crippen LogP contribution in [-0.4, -0.2) is 40.4 Å². The van der Waals surface area contributed by atoms with Crippen LogP contribution in [0.1, 0.15) is 67.3 Å². The molecule has 0 aromatic heterocycles. The molecule has 5 aromatic carbocycles.